The number of pyridine rings is 2. The number of nitriles is 2. The number of rotatable bonds is 5. The minimum absolute atomic E-state index is 0.00101. The van der Waals surface area contributed by atoms with Crippen LogP contribution >= 0.6 is 11.8 Å². The Morgan fingerprint density at radius 3 is 2.68 bits per heavy atom. The van der Waals surface area contributed by atoms with Crippen molar-refractivity contribution >= 4 is 23.5 Å². The summed E-state index contributed by atoms with van der Waals surface area (Å²) in [6.45, 7) is 3.64. The first-order chi connectivity index (χ1) is 12.0. The molecule has 1 unspecified atom stereocenters. The van der Waals surface area contributed by atoms with Gasteiger partial charge in [0.1, 0.15) is 33.8 Å². The highest BCUT2D eigenvalue weighted by Crippen LogP contribution is 2.36. The first-order valence-electron chi connectivity index (χ1n) is 7.40. The zero-order valence-corrected chi connectivity index (χ0v) is 14.5. The van der Waals surface area contributed by atoms with Crippen molar-refractivity contribution in [2.75, 3.05) is 12.3 Å². The molecule has 0 bridgehead atoms. The van der Waals surface area contributed by atoms with E-state index in [1.54, 1.807) is 38.4 Å². The lowest BCUT2D eigenvalue weighted by atomic mass is 9.98. The average molecular weight is 353 g/mol. The van der Waals surface area contributed by atoms with E-state index in [-0.39, 0.29) is 28.6 Å². The van der Waals surface area contributed by atoms with Crippen LogP contribution in [0.3, 0.4) is 0 Å². The summed E-state index contributed by atoms with van der Waals surface area (Å²) >= 11 is 1.07. The molecule has 0 radical (unpaired) electrons. The van der Waals surface area contributed by atoms with Gasteiger partial charge in [-0.05, 0) is 19.9 Å². The number of esters is 1. The molecule has 0 aliphatic heterocycles. The molecule has 0 spiro atoms. The highest BCUT2D eigenvalue weighted by atomic mass is 32.2. The molecule has 1 atom stereocenters. The highest BCUT2D eigenvalue weighted by molar-refractivity contribution is 8.00. The molecule has 0 amide bonds. The molecule has 7 nitrogen and oxygen atoms in total. The highest BCUT2D eigenvalue weighted by Gasteiger charge is 2.24. The molecule has 0 aliphatic rings. The van der Waals surface area contributed by atoms with Crippen molar-refractivity contribution in [2.24, 2.45) is 0 Å². The molecule has 8 heteroatoms. The third kappa shape index (κ3) is 3.87. The van der Waals surface area contributed by atoms with Crippen molar-refractivity contribution in [1.82, 2.24) is 9.97 Å². The lowest BCUT2D eigenvalue weighted by Gasteiger charge is -2.15. The van der Waals surface area contributed by atoms with Gasteiger partial charge in [0.15, 0.2) is 0 Å². The number of thioether (sulfide) groups is 1. The maximum atomic E-state index is 11.9. The van der Waals surface area contributed by atoms with Crippen LogP contribution in [0.1, 0.15) is 25.0 Å². The Morgan fingerprint density at radius 2 is 2.12 bits per heavy atom. The van der Waals surface area contributed by atoms with Crippen molar-refractivity contribution in [3.63, 3.8) is 0 Å². The van der Waals surface area contributed by atoms with Crippen molar-refractivity contribution in [1.29, 1.82) is 10.5 Å². The molecule has 2 rings (SSSR count). The van der Waals surface area contributed by atoms with Gasteiger partial charge < -0.3 is 10.5 Å². The van der Waals surface area contributed by atoms with Crippen LogP contribution in [0.2, 0.25) is 0 Å². The first-order valence-corrected chi connectivity index (χ1v) is 8.28. The number of carbonyl (C=O) groups excluding carboxylic acids is 1. The van der Waals surface area contributed by atoms with E-state index >= 15 is 0 Å². The lowest BCUT2D eigenvalue weighted by Crippen LogP contribution is -2.17. The van der Waals surface area contributed by atoms with Crippen LogP contribution in [-0.4, -0.2) is 27.8 Å². The zero-order chi connectivity index (χ0) is 18.4. The Hall–Kier alpha value is -3.10. The van der Waals surface area contributed by atoms with Gasteiger partial charge >= 0.3 is 5.97 Å². The fraction of sp³-hybridized carbons (Fsp3) is 0.235. The Labute approximate surface area is 149 Å². The second-order valence-corrected chi connectivity index (χ2v) is 6.23. The number of nitrogens with zero attached hydrogens (tertiary/aromatic N) is 4. The van der Waals surface area contributed by atoms with Crippen LogP contribution in [-0.2, 0) is 9.53 Å². The monoisotopic (exact) mass is 353 g/mol. The Kier molecular flexibility index (Phi) is 5.93. The van der Waals surface area contributed by atoms with E-state index in [2.05, 4.69) is 16.0 Å². The third-order valence-electron chi connectivity index (χ3n) is 3.27. The molecule has 0 aliphatic carbocycles. The lowest BCUT2D eigenvalue weighted by molar-refractivity contribution is -0.142. The summed E-state index contributed by atoms with van der Waals surface area (Å²) < 4.78 is 4.98. The molecule has 2 aromatic heterocycles. The maximum absolute atomic E-state index is 11.9. The van der Waals surface area contributed by atoms with E-state index in [1.807, 2.05) is 6.07 Å². The maximum Gasteiger partial charge on any atom is 0.319 e. The molecule has 0 aromatic carbocycles. The number of aromatic nitrogens is 2. The SMILES string of the molecule is CCOC(=O)C(C)Sc1nc(N)c(C#N)c(-c2cccnc2)c1C#N. The van der Waals surface area contributed by atoms with Crippen LogP contribution in [0, 0.1) is 22.7 Å². The van der Waals surface area contributed by atoms with Gasteiger partial charge in [-0.3, -0.25) is 9.78 Å². The second-order valence-electron chi connectivity index (χ2n) is 4.90. The van der Waals surface area contributed by atoms with Crippen LogP contribution in [0.15, 0.2) is 29.6 Å². The summed E-state index contributed by atoms with van der Waals surface area (Å²) in [4.78, 5) is 20.0. The van der Waals surface area contributed by atoms with Gasteiger partial charge in [0, 0.05) is 23.5 Å². The molecule has 25 heavy (non-hydrogen) atoms. The number of nitrogen functional groups attached to an aromatic ring is 1. The summed E-state index contributed by atoms with van der Waals surface area (Å²) in [7, 11) is 0. The molecule has 2 N–H and O–H groups in total. The quantitative estimate of drug-likeness (QED) is 0.642. The largest absolute Gasteiger partial charge is 0.465 e. The predicted octanol–water partition coefficient (Wildman–Crippen LogP) is 2.51. The van der Waals surface area contributed by atoms with Crippen molar-refractivity contribution in [2.45, 2.75) is 24.1 Å². The summed E-state index contributed by atoms with van der Waals surface area (Å²) in [5, 5.41) is 18.8. The van der Waals surface area contributed by atoms with Gasteiger partial charge in [-0.25, -0.2) is 4.98 Å². The second kappa shape index (κ2) is 8.13. The number of hydrogen-bond donors (Lipinski definition) is 1. The Morgan fingerprint density at radius 1 is 1.40 bits per heavy atom. The zero-order valence-electron chi connectivity index (χ0n) is 13.7. The Bertz CT molecular complexity index is 871. The number of carbonyl (C=O) groups is 1. The predicted molar refractivity (Wildman–Crippen MR) is 93.3 cm³/mol. The first kappa shape index (κ1) is 18.2. The number of hydrogen-bond acceptors (Lipinski definition) is 8. The smallest absolute Gasteiger partial charge is 0.319 e. The number of ether oxygens (including phenoxy) is 1. The van der Waals surface area contributed by atoms with E-state index in [0.29, 0.717) is 11.1 Å². The Balaban J connectivity index is 2.60. The van der Waals surface area contributed by atoms with E-state index in [1.165, 1.54) is 0 Å². The van der Waals surface area contributed by atoms with Gasteiger partial charge in [-0.1, -0.05) is 17.8 Å². The number of anilines is 1. The van der Waals surface area contributed by atoms with Crippen molar-refractivity contribution in [3.05, 3.63) is 35.7 Å². The van der Waals surface area contributed by atoms with Crippen molar-refractivity contribution < 1.29 is 9.53 Å². The minimum Gasteiger partial charge on any atom is -0.465 e. The number of nitrogens with two attached hydrogens (primary N) is 1. The molecule has 0 fully saturated rings. The molecule has 0 saturated carbocycles. The summed E-state index contributed by atoms with van der Waals surface area (Å²) in [5.41, 5.74) is 7.14. The van der Waals surface area contributed by atoms with Gasteiger partial charge in [0.25, 0.3) is 0 Å². The van der Waals surface area contributed by atoms with Crippen LogP contribution in [0.25, 0.3) is 11.1 Å². The fourth-order valence-corrected chi connectivity index (χ4v) is 3.07. The molecule has 2 heterocycles. The average Bonchev–Trinajstić information content (AvgIpc) is 2.62. The summed E-state index contributed by atoms with van der Waals surface area (Å²) in [5.74, 6) is -0.414. The minimum atomic E-state index is -0.575. The van der Waals surface area contributed by atoms with Crippen LogP contribution in [0.5, 0.6) is 0 Å². The van der Waals surface area contributed by atoms with Gasteiger partial charge in [0.05, 0.1) is 12.2 Å². The van der Waals surface area contributed by atoms with Crippen LogP contribution < -0.4 is 5.73 Å². The fourth-order valence-electron chi connectivity index (χ4n) is 2.16. The molecule has 2 aromatic rings. The van der Waals surface area contributed by atoms with Gasteiger partial charge in [-0.15, -0.1) is 0 Å². The van der Waals surface area contributed by atoms with E-state index in [0.717, 1.165) is 11.8 Å². The normalized spacial score (nSPS) is 11.2. The van der Waals surface area contributed by atoms with E-state index in [4.69, 9.17) is 10.5 Å². The third-order valence-corrected chi connectivity index (χ3v) is 4.34. The molecule has 126 valence electrons. The summed E-state index contributed by atoms with van der Waals surface area (Å²) in [6, 6.07) is 7.49. The van der Waals surface area contributed by atoms with Gasteiger partial charge in [-0.2, -0.15) is 10.5 Å². The van der Waals surface area contributed by atoms with E-state index in [9.17, 15) is 15.3 Å². The molecular formula is C17H15N5O2S. The van der Waals surface area contributed by atoms with E-state index < -0.39 is 11.2 Å². The van der Waals surface area contributed by atoms with Gasteiger partial charge in [0.2, 0.25) is 0 Å². The molecule has 0 saturated heterocycles. The van der Waals surface area contributed by atoms with Crippen molar-refractivity contribution in [3.8, 4) is 23.3 Å². The standard InChI is InChI=1S/C17H15N5O2S/c1-3-24-17(23)10(2)25-16-13(8-19)14(11-5-4-6-21-9-11)12(7-18)15(20)22-16/h4-6,9-10H,3H2,1-2H3,(H2,20,22). The van der Waals surface area contributed by atoms with Crippen LogP contribution in [0.4, 0.5) is 5.82 Å². The molecular weight excluding hydrogens is 338 g/mol. The summed E-state index contributed by atoms with van der Waals surface area (Å²) in [6.07, 6.45) is 3.13. The topological polar surface area (TPSA) is 126 Å².